The van der Waals surface area contributed by atoms with Crippen LogP contribution in [0, 0.1) is 11.8 Å². The van der Waals surface area contributed by atoms with Crippen LogP contribution in [0.2, 0.25) is 0 Å². The Hall–Kier alpha value is -5.92. The second kappa shape index (κ2) is 11.3. The van der Waals surface area contributed by atoms with Gasteiger partial charge in [0.25, 0.3) is 0 Å². The van der Waals surface area contributed by atoms with Crippen molar-refractivity contribution in [1.29, 1.82) is 0 Å². The summed E-state index contributed by atoms with van der Waals surface area (Å²) in [5.41, 5.74) is 17.1. The zero-order valence-corrected chi connectivity index (χ0v) is 30.2. The Bertz CT molecular complexity index is 2570. The molecule has 1 heteroatoms. The molecule has 0 amide bonds. The Labute approximate surface area is 313 Å². The predicted octanol–water partition coefficient (Wildman–Crippen LogP) is 13.1. The SMILES string of the molecule is CC1(C)c2ccccc2-c2ccc(N(c3ccc4c(c3)C3(c5ccccc5C5C=CC=CC53)C3C=CC=CC43)c3ccccc3-c3ccccc3)cc21. The van der Waals surface area contributed by atoms with Gasteiger partial charge in [-0.3, -0.25) is 0 Å². The number of allylic oxidation sites excluding steroid dienone is 8. The van der Waals surface area contributed by atoms with Crippen LogP contribution < -0.4 is 4.90 Å². The van der Waals surface area contributed by atoms with E-state index in [1.54, 1.807) is 0 Å². The molecule has 1 spiro atoms. The van der Waals surface area contributed by atoms with Crippen molar-refractivity contribution in [3.05, 3.63) is 222 Å². The van der Waals surface area contributed by atoms with Crippen molar-refractivity contribution in [3.63, 3.8) is 0 Å². The number of hydrogen-bond donors (Lipinski definition) is 0. The van der Waals surface area contributed by atoms with Crippen LogP contribution in [0.3, 0.4) is 0 Å². The third-order valence-corrected chi connectivity index (χ3v) is 13.2. The zero-order chi connectivity index (χ0) is 35.3. The zero-order valence-electron chi connectivity index (χ0n) is 30.2. The summed E-state index contributed by atoms with van der Waals surface area (Å²) in [7, 11) is 0. The lowest BCUT2D eigenvalue weighted by molar-refractivity contribution is 0.312. The molecule has 11 rings (SSSR count). The lowest BCUT2D eigenvalue weighted by atomic mass is 9.61. The molecular weight excluding hydrogens is 639 g/mol. The van der Waals surface area contributed by atoms with Crippen molar-refractivity contribution in [2.24, 2.45) is 11.8 Å². The van der Waals surface area contributed by atoms with Crippen molar-refractivity contribution >= 4 is 17.1 Å². The number of fused-ring (bicyclic) bond motifs is 13. The van der Waals surface area contributed by atoms with Crippen LogP contribution in [0.4, 0.5) is 17.1 Å². The Morgan fingerprint density at radius 3 is 1.74 bits per heavy atom. The number of anilines is 3. The molecule has 0 fully saturated rings. The van der Waals surface area contributed by atoms with Crippen molar-refractivity contribution in [1.82, 2.24) is 0 Å². The van der Waals surface area contributed by atoms with Crippen molar-refractivity contribution in [2.75, 3.05) is 4.90 Å². The van der Waals surface area contributed by atoms with Gasteiger partial charge in [0.1, 0.15) is 0 Å². The van der Waals surface area contributed by atoms with Crippen LogP contribution in [0.15, 0.2) is 188 Å². The van der Waals surface area contributed by atoms with Crippen LogP contribution in [-0.2, 0) is 10.8 Å². The molecule has 0 N–H and O–H groups in total. The molecule has 5 atom stereocenters. The highest BCUT2D eigenvalue weighted by Gasteiger charge is 2.61. The Morgan fingerprint density at radius 2 is 0.981 bits per heavy atom. The molecule has 53 heavy (non-hydrogen) atoms. The Morgan fingerprint density at radius 1 is 0.434 bits per heavy atom. The summed E-state index contributed by atoms with van der Waals surface area (Å²) in [4.78, 5) is 2.54. The molecule has 1 nitrogen and oxygen atoms in total. The molecule has 0 heterocycles. The van der Waals surface area contributed by atoms with Gasteiger partial charge in [0.15, 0.2) is 0 Å². The van der Waals surface area contributed by atoms with E-state index in [0.29, 0.717) is 23.7 Å². The summed E-state index contributed by atoms with van der Waals surface area (Å²) >= 11 is 0. The number of para-hydroxylation sites is 1. The van der Waals surface area contributed by atoms with Gasteiger partial charge in [-0.05, 0) is 80.4 Å². The first-order chi connectivity index (χ1) is 26.1. The van der Waals surface area contributed by atoms with E-state index in [9.17, 15) is 0 Å². The van der Waals surface area contributed by atoms with Gasteiger partial charge in [0.05, 0.1) is 5.69 Å². The highest BCUT2D eigenvalue weighted by atomic mass is 15.1. The molecule has 0 radical (unpaired) electrons. The lowest BCUT2D eigenvalue weighted by Gasteiger charge is -2.41. The predicted molar refractivity (Wildman–Crippen MR) is 220 cm³/mol. The summed E-state index contributed by atoms with van der Waals surface area (Å²) in [6.45, 7) is 4.76. The smallest absolute Gasteiger partial charge is 0.0540 e. The average molecular weight is 680 g/mol. The number of hydrogen-bond acceptors (Lipinski definition) is 1. The molecule has 5 aliphatic rings. The van der Waals surface area contributed by atoms with Crippen molar-refractivity contribution in [2.45, 2.75) is 36.5 Å². The molecule has 0 aliphatic heterocycles. The van der Waals surface area contributed by atoms with Gasteiger partial charge in [0.2, 0.25) is 0 Å². The molecule has 254 valence electrons. The van der Waals surface area contributed by atoms with E-state index < -0.39 is 0 Å². The fraction of sp³-hybridized carbons (Fsp3) is 0.154. The number of rotatable bonds is 4. The van der Waals surface area contributed by atoms with Gasteiger partial charge < -0.3 is 4.90 Å². The van der Waals surface area contributed by atoms with E-state index in [2.05, 4.69) is 207 Å². The highest BCUT2D eigenvalue weighted by molar-refractivity contribution is 5.91. The van der Waals surface area contributed by atoms with E-state index in [1.165, 1.54) is 72.7 Å². The molecular formula is C52H41N. The standard InChI is InChI=1S/C52H41N/c1-51(2)44-23-11-6-19-38(44)42-30-28-35(32-48(42)51)53(50-27-15-10-18-37(50)34-16-4-3-5-17-34)36-29-31-43-41-22-9-14-26-47(41)52(49(43)33-36)45-24-12-7-20-39(45)40-21-8-13-25-46(40)52/h3-33,39,41,45,47H,1-2H3. The van der Waals surface area contributed by atoms with E-state index in [-0.39, 0.29) is 10.8 Å². The molecule has 5 unspecified atom stereocenters. The van der Waals surface area contributed by atoms with E-state index in [0.717, 1.165) is 0 Å². The molecule has 0 saturated heterocycles. The highest BCUT2D eigenvalue weighted by Crippen LogP contribution is 2.68. The fourth-order valence-electron chi connectivity index (χ4n) is 11.0. The number of benzene rings is 6. The molecule has 5 aliphatic carbocycles. The lowest BCUT2D eigenvalue weighted by Crippen LogP contribution is -2.38. The topological polar surface area (TPSA) is 3.24 Å². The first-order valence-electron chi connectivity index (χ1n) is 19.2. The third kappa shape index (κ3) is 4.14. The Balaban J connectivity index is 1.17. The second-order valence-electron chi connectivity index (χ2n) is 16.0. The quantitative estimate of drug-likeness (QED) is 0.179. The molecule has 6 aromatic carbocycles. The van der Waals surface area contributed by atoms with Crippen LogP contribution >= 0.6 is 0 Å². The summed E-state index contributed by atoms with van der Waals surface area (Å²) in [5.74, 6) is 1.38. The summed E-state index contributed by atoms with van der Waals surface area (Å²) in [6.07, 6.45) is 19.0. The van der Waals surface area contributed by atoms with Crippen molar-refractivity contribution in [3.8, 4) is 22.3 Å². The third-order valence-electron chi connectivity index (χ3n) is 13.2. The molecule has 0 aromatic heterocycles. The van der Waals surface area contributed by atoms with Gasteiger partial charge >= 0.3 is 0 Å². The first-order valence-corrected chi connectivity index (χ1v) is 19.2. The van der Waals surface area contributed by atoms with Crippen LogP contribution in [0.1, 0.15) is 59.1 Å². The fourth-order valence-corrected chi connectivity index (χ4v) is 11.0. The summed E-state index contributed by atoms with van der Waals surface area (Å²) in [6, 6.07) is 52.7. The first kappa shape index (κ1) is 30.7. The minimum atomic E-state index is -0.175. The molecule has 6 aromatic rings. The average Bonchev–Trinajstić information content (AvgIpc) is 3.77. The maximum Gasteiger partial charge on any atom is 0.0540 e. The summed E-state index contributed by atoms with van der Waals surface area (Å²) < 4.78 is 0. The molecule has 0 bridgehead atoms. The normalized spacial score (nSPS) is 24.3. The van der Waals surface area contributed by atoms with E-state index in [4.69, 9.17) is 0 Å². The van der Waals surface area contributed by atoms with Gasteiger partial charge in [-0.25, -0.2) is 0 Å². The largest absolute Gasteiger partial charge is 0.310 e. The van der Waals surface area contributed by atoms with Gasteiger partial charge in [-0.1, -0.05) is 172 Å². The van der Waals surface area contributed by atoms with Crippen LogP contribution in [0.5, 0.6) is 0 Å². The number of nitrogens with zero attached hydrogens (tertiary/aromatic N) is 1. The van der Waals surface area contributed by atoms with E-state index >= 15 is 0 Å². The van der Waals surface area contributed by atoms with Crippen LogP contribution in [0.25, 0.3) is 22.3 Å². The maximum atomic E-state index is 2.58. The summed E-state index contributed by atoms with van der Waals surface area (Å²) in [5, 5.41) is 0. The van der Waals surface area contributed by atoms with Crippen LogP contribution in [-0.4, -0.2) is 0 Å². The van der Waals surface area contributed by atoms with Crippen molar-refractivity contribution < 1.29 is 0 Å². The molecule has 0 saturated carbocycles. The minimum Gasteiger partial charge on any atom is -0.310 e. The minimum absolute atomic E-state index is 0.105. The second-order valence-corrected chi connectivity index (χ2v) is 16.0. The maximum absolute atomic E-state index is 2.58. The Kier molecular flexibility index (Phi) is 6.54. The van der Waals surface area contributed by atoms with Gasteiger partial charge in [-0.15, -0.1) is 0 Å². The van der Waals surface area contributed by atoms with Gasteiger partial charge in [-0.2, -0.15) is 0 Å². The monoisotopic (exact) mass is 679 g/mol. The van der Waals surface area contributed by atoms with E-state index in [1.807, 2.05) is 0 Å². The van der Waals surface area contributed by atoms with Gasteiger partial charge in [0, 0.05) is 51.4 Å².